The van der Waals surface area contributed by atoms with Crippen LogP contribution in [0.4, 0.5) is 9.93 Å². The lowest BCUT2D eigenvalue weighted by atomic mass is 9.97. The summed E-state index contributed by atoms with van der Waals surface area (Å²) >= 11 is 1.38. The summed E-state index contributed by atoms with van der Waals surface area (Å²) in [6, 6.07) is 0. The zero-order valence-electron chi connectivity index (χ0n) is 10.8. The maximum Gasteiger partial charge on any atom is 0.409 e. The first-order valence-corrected chi connectivity index (χ1v) is 7.20. The molecule has 0 spiro atoms. The molecule has 0 radical (unpaired) electrons. The van der Waals surface area contributed by atoms with E-state index in [4.69, 9.17) is 4.74 Å². The van der Waals surface area contributed by atoms with Gasteiger partial charge in [0.1, 0.15) is 0 Å². The van der Waals surface area contributed by atoms with Crippen LogP contribution in [0.1, 0.15) is 19.8 Å². The van der Waals surface area contributed by atoms with E-state index in [1.54, 1.807) is 23.4 Å². The van der Waals surface area contributed by atoms with Crippen molar-refractivity contribution < 1.29 is 14.3 Å². The Labute approximate surface area is 115 Å². The van der Waals surface area contributed by atoms with E-state index in [1.807, 2.05) is 0 Å². The number of carbonyl (C=O) groups is 2. The van der Waals surface area contributed by atoms with E-state index < -0.39 is 0 Å². The van der Waals surface area contributed by atoms with Crippen LogP contribution in [-0.4, -0.2) is 41.6 Å². The predicted octanol–water partition coefficient (Wildman–Crippen LogP) is 1.95. The van der Waals surface area contributed by atoms with Gasteiger partial charge >= 0.3 is 6.09 Å². The number of carbonyl (C=O) groups excluding carboxylic acids is 2. The average molecular weight is 283 g/mol. The first-order valence-electron chi connectivity index (χ1n) is 6.32. The highest BCUT2D eigenvalue weighted by molar-refractivity contribution is 7.13. The van der Waals surface area contributed by atoms with Gasteiger partial charge in [0.05, 0.1) is 12.5 Å². The molecular formula is C12H17N3O3S. The van der Waals surface area contributed by atoms with Gasteiger partial charge in [-0.1, -0.05) is 0 Å². The van der Waals surface area contributed by atoms with Crippen LogP contribution >= 0.6 is 11.3 Å². The summed E-state index contributed by atoms with van der Waals surface area (Å²) in [7, 11) is 0. The number of amides is 2. The Kier molecular flexibility index (Phi) is 4.73. The molecule has 1 saturated heterocycles. The van der Waals surface area contributed by atoms with Crippen LogP contribution in [-0.2, 0) is 9.53 Å². The minimum absolute atomic E-state index is 0.0797. The predicted molar refractivity (Wildman–Crippen MR) is 72.1 cm³/mol. The van der Waals surface area contributed by atoms with Crippen molar-refractivity contribution in [1.29, 1.82) is 0 Å². The maximum atomic E-state index is 12.1. The van der Waals surface area contributed by atoms with Gasteiger partial charge in [0.15, 0.2) is 5.13 Å². The van der Waals surface area contributed by atoms with Crippen LogP contribution in [0.15, 0.2) is 11.6 Å². The second-order valence-electron chi connectivity index (χ2n) is 4.31. The molecule has 0 saturated carbocycles. The molecule has 19 heavy (non-hydrogen) atoms. The summed E-state index contributed by atoms with van der Waals surface area (Å²) in [5, 5.41) is 5.18. The number of rotatable bonds is 3. The van der Waals surface area contributed by atoms with Gasteiger partial charge in [0.2, 0.25) is 5.91 Å². The average Bonchev–Trinajstić information content (AvgIpc) is 2.92. The second-order valence-corrected chi connectivity index (χ2v) is 5.21. The number of likely N-dealkylation sites (tertiary alicyclic amines) is 1. The highest BCUT2D eigenvalue weighted by atomic mass is 32.1. The van der Waals surface area contributed by atoms with E-state index in [9.17, 15) is 9.59 Å². The third-order valence-electron chi connectivity index (χ3n) is 2.98. The molecule has 1 fully saturated rings. The van der Waals surface area contributed by atoms with Crippen molar-refractivity contribution in [3.63, 3.8) is 0 Å². The molecule has 2 rings (SSSR count). The van der Waals surface area contributed by atoms with E-state index in [0.29, 0.717) is 24.8 Å². The van der Waals surface area contributed by atoms with Gasteiger partial charge in [-0.3, -0.25) is 4.79 Å². The lowest BCUT2D eigenvalue weighted by molar-refractivity contribution is -0.121. The number of anilines is 1. The van der Waals surface area contributed by atoms with E-state index in [0.717, 1.165) is 12.8 Å². The van der Waals surface area contributed by atoms with Crippen LogP contribution in [0.2, 0.25) is 0 Å². The molecule has 7 heteroatoms. The molecule has 1 atom stereocenters. The number of nitrogens with one attached hydrogen (secondary N) is 1. The van der Waals surface area contributed by atoms with Crippen molar-refractivity contribution in [1.82, 2.24) is 9.88 Å². The number of ether oxygens (including phenoxy) is 1. The molecule has 1 aromatic heterocycles. The molecule has 1 aromatic rings. The number of aromatic nitrogens is 1. The second kappa shape index (κ2) is 6.51. The Bertz CT molecular complexity index is 435. The zero-order valence-corrected chi connectivity index (χ0v) is 11.6. The first-order chi connectivity index (χ1) is 9.20. The summed E-state index contributed by atoms with van der Waals surface area (Å²) in [5.74, 6) is -0.272. The molecule has 2 heterocycles. The number of thiazole rings is 1. The van der Waals surface area contributed by atoms with Crippen LogP contribution in [0.25, 0.3) is 0 Å². The number of hydrogen-bond acceptors (Lipinski definition) is 5. The Morgan fingerprint density at radius 1 is 1.63 bits per heavy atom. The SMILES string of the molecule is CCOC(=O)N1CCCC(C(=O)Nc2nccs2)C1. The van der Waals surface area contributed by atoms with E-state index in [1.165, 1.54) is 11.3 Å². The van der Waals surface area contributed by atoms with Gasteiger partial charge < -0.3 is 15.0 Å². The molecule has 104 valence electrons. The minimum atomic E-state index is -0.339. The molecule has 0 bridgehead atoms. The maximum absolute atomic E-state index is 12.1. The smallest absolute Gasteiger partial charge is 0.409 e. The Morgan fingerprint density at radius 2 is 2.47 bits per heavy atom. The van der Waals surface area contributed by atoms with Gasteiger partial charge in [-0.15, -0.1) is 11.3 Å². The molecule has 2 amide bonds. The molecule has 1 aliphatic rings. The van der Waals surface area contributed by atoms with Gasteiger partial charge in [0.25, 0.3) is 0 Å². The van der Waals surface area contributed by atoms with E-state index in [2.05, 4.69) is 10.3 Å². The van der Waals surface area contributed by atoms with Gasteiger partial charge in [-0.25, -0.2) is 9.78 Å². The molecule has 0 aromatic carbocycles. The lowest BCUT2D eigenvalue weighted by Gasteiger charge is -2.30. The van der Waals surface area contributed by atoms with Crippen LogP contribution in [0, 0.1) is 5.92 Å². The minimum Gasteiger partial charge on any atom is -0.450 e. The number of nitrogens with zero attached hydrogens (tertiary/aromatic N) is 2. The summed E-state index contributed by atoms with van der Waals surface area (Å²) in [6.45, 7) is 3.19. The van der Waals surface area contributed by atoms with Crippen molar-refractivity contribution in [2.75, 3.05) is 25.0 Å². The van der Waals surface area contributed by atoms with E-state index >= 15 is 0 Å². The standard InChI is InChI=1S/C12H17N3O3S/c1-2-18-12(17)15-6-3-4-9(8-15)10(16)14-11-13-5-7-19-11/h5,7,9H,2-4,6,8H2,1H3,(H,13,14,16). The topological polar surface area (TPSA) is 71.5 Å². The normalized spacial score (nSPS) is 19.0. The highest BCUT2D eigenvalue weighted by Crippen LogP contribution is 2.20. The first kappa shape index (κ1) is 13.8. The fourth-order valence-corrected chi connectivity index (χ4v) is 2.60. The lowest BCUT2D eigenvalue weighted by Crippen LogP contribution is -2.44. The number of piperidine rings is 1. The molecule has 1 aliphatic heterocycles. The summed E-state index contributed by atoms with van der Waals surface area (Å²) in [4.78, 5) is 29.3. The van der Waals surface area contributed by atoms with Crippen molar-refractivity contribution in [3.8, 4) is 0 Å². The molecule has 6 nitrogen and oxygen atoms in total. The monoisotopic (exact) mass is 283 g/mol. The number of hydrogen-bond donors (Lipinski definition) is 1. The summed E-state index contributed by atoms with van der Waals surface area (Å²) in [5.41, 5.74) is 0. The Morgan fingerprint density at radius 3 is 3.16 bits per heavy atom. The molecule has 1 N–H and O–H groups in total. The highest BCUT2D eigenvalue weighted by Gasteiger charge is 2.29. The van der Waals surface area contributed by atoms with Gasteiger partial charge in [0, 0.05) is 24.7 Å². The van der Waals surface area contributed by atoms with Crippen LogP contribution in [0.5, 0.6) is 0 Å². The fraction of sp³-hybridized carbons (Fsp3) is 0.583. The fourth-order valence-electron chi connectivity index (χ4n) is 2.06. The largest absolute Gasteiger partial charge is 0.450 e. The van der Waals surface area contributed by atoms with Crippen molar-refractivity contribution >= 4 is 28.5 Å². The van der Waals surface area contributed by atoms with Crippen molar-refractivity contribution in [2.45, 2.75) is 19.8 Å². The molecule has 0 aliphatic carbocycles. The third kappa shape index (κ3) is 3.66. The summed E-state index contributed by atoms with van der Waals surface area (Å²) < 4.78 is 4.96. The van der Waals surface area contributed by atoms with Crippen molar-refractivity contribution in [2.24, 2.45) is 5.92 Å². The Balaban J connectivity index is 1.89. The quantitative estimate of drug-likeness (QED) is 0.920. The van der Waals surface area contributed by atoms with E-state index in [-0.39, 0.29) is 17.9 Å². The van der Waals surface area contributed by atoms with Crippen molar-refractivity contribution in [3.05, 3.63) is 11.6 Å². The van der Waals surface area contributed by atoms with Gasteiger partial charge in [-0.05, 0) is 19.8 Å². The van der Waals surface area contributed by atoms with Crippen LogP contribution in [0.3, 0.4) is 0 Å². The zero-order chi connectivity index (χ0) is 13.7. The van der Waals surface area contributed by atoms with Gasteiger partial charge in [-0.2, -0.15) is 0 Å². The Hall–Kier alpha value is -1.63. The summed E-state index contributed by atoms with van der Waals surface area (Å²) in [6.07, 6.45) is 2.91. The van der Waals surface area contributed by atoms with Crippen LogP contribution < -0.4 is 5.32 Å². The third-order valence-corrected chi connectivity index (χ3v) is 3.67. The molecule has 1 unspecified atom stereocenters. The molecular weight excluding hydrogens is 266 g/mol.